The van der Waals surface area contributed by atoms with Crippen molar-refractivity contribution in [2.24, 2.45) is 0 Å². The van der Waals surface area contributed by atoms with E-state index < -0.39 is 10.0 Å². The van der Waals surface area contributed by atoms with E-state index in [1.54, 1.807) is 18.2 Å². The molecule has 24 heavy (non-hydrogen) atoms. The van der Waals surface area contributed by atoms with Gasteiger partial charge in [-0.05, 0) is 38.5 Å². The number of hydrogen-bond acceptors (Lipinski definition) is 5. The molecule has 0 aromatic heterocycles. The number of rotatable bonds is 6. The summed E-state index contributed by atoms with van der Waals surface area (Å²) in [6.45, 7) is 6.11. The zero-order chi connectivity index (χ0) is 18.0. The summed E-state index contributed by atoms with van der Waals surface area (Å²) in [6.07, 6.45) is 1.25. The normalized spacial score (nSPS) is 14.0. The number of nitrogens with one attached hydrogen (secondary N) is 1. The highest BCUT2D eigenvalue weighted by atomic mass is 32.2. The highest BCUT2D eigenvalue weighted by Crippen LogP contribution is 2.32. The predicted molar refractivity (Wildman–Crippen MR) is 90.3 cm³/mol. The van der Waals surface area contributed by atoms with Gasteiger partial charge in [-0.15, -0.1) is 0 Å². The Morgan fingerprint density at radius 2 is 1.92 bits per heavy atom. The molecule has 134 valence electrons. The first-order valence-electron chi connectivity index (χ1n) is 7.69. The molecule has 1 amide bonds. The number of sulfonamides is 1. The van der Waals surface area contributed by atoms with Crippen LogP contribution in [0.1, 0.15) is 32.8 Å². The summed E-state index contributed by atoms with van der Waals surface area (Å²) in [4.78, 5) is 11.9. The van der Waals surface area contributed by atoms with Crippen LogP contribution in [0, 0.1) is 0 Å². The topological polar surface area (TPSA) is 84.9 Å². The molecule has 1 aliphatic heterocycles. The van der Waals surface area contributed by atoms with Gasteiger partial charge in [0.05, 0.1) is 6.26 Å². The molecule has 0 spiro atoms. The molecule has 0 aliphatic carbocycles. The molecule has 2 rings (SSSR count). The van der Waals surface area contributed by atoms with Crippen LogP contribution in [-0.4, -0.2) is 43.8 Å². The molecule has 0 bridgehead atoms. The Kier molecular flexibility index (Phi) is 5.39. The highest BCUT2D eigenvalue weighted by molar-refractivity contribution is 7.88. The summed E-state index contributed by atoms with van der Waals surface area (Å²) in [7, 11) is -3.44. The van der Waals surface area contributed by atoms with E-state index in [0.29, 0.717) is 11.5 Å². The number of fused-ring (bicyclic) bond motifs is 1. The summed E-state index contributed by atoms with van der Waals surface area (Å²) >= 11 is 0. The fourth-order valence-electron chi connectivity index (χ4n) is 2.31. The summed E-state index contributed by atoms with van der Waals surface area (Å²) < 4.78 is 35.8. The van der Waals surface area contributed by atoms with Gasteiger partial charge in [0.15, 0.2) is 11.5 Å². The maximum Gasteiger partial charge on any atom is 0.231 e. The molecule has 7 nitrogen and oxygen atoms in total. The standard InChI is InChI=1S/C16H24N2O5S/c1-16(2,3)17-15(19)7-8-18(24(4,20)21)10-12-5-6-13-14(9-12)23-11-22-13/h5-6,9H,7-8,10-11H2,1-4H3,(H,17,19). The molecule has 0 radical (unpaired) electrons. The molecule has 0 fully saturated rings. The fraction of sp³-hybridized carbons (Fsp3) is 0.562. The Hall–Kier alpha value is -1.80. The van der Waals surface area contributed by atoms with Crippen molar-refractivity contribution >= 4 is 15.9 Å². The van der Waals surface area contributed by atoms with Crippen molar-refractivity contribution in [3.63, 3.8) is 0 Å². The summed E-state index contributed by atoms with van der Waals surface area (Å²) in [5, 5.41) is 2.83. The summed E-state index contributed by atoms with van der Waals surface area (Å²) in [5.74, 6) is 1.07. The molecular formula is C16H24N2O5S. The van der Waals surface area contributed by atoms with Crippen molar-refractivity contribution in [2.45, 2.75) is 39.3 Å². The minimum absolute atomic E-state index is 0.106. The van der Waals surface area contributed by atoms with Gasteiger partial charge in [0.2, 0.25) is 22.7 Å². The first-order chi connectivity index (χ1) is 11.0. The number of carbonyl (C=O) groups is 1. The smallest absolute Gasteiger partial charge is 0.231 e. The monoisotopic (exact) mass is 356 g/mol. The Bertz CT molecular complexity index is 710. The molecule has 1 aliphatic rings. The van der Waals surface area contributed by atoms with Gasteiger partial charge in [-0.3, -0.25) is 4.79 Å². The maximum atomic E-state index is 12.0. The molecule has 0 unspecified atom stereocenters. The number of ether oxygens (including phenoxy) is 2. The SMILES string of the molecule is CC(C)(C)NC(=O)CCN(Cc1ccc2c(c1)OCO2)S(C)(=O)=O. The number of nitrogens with zero attached hydrogens (tertiary/aromatic N) is 1. The lowest BCUT2D eigenvalue weighted by Gasteiger charge is -2.23. The summed E-state index contributed by atoms with van der Waals surface area (Å²) in [6, 6.07) is 5.31. The Morgan fingerprint density at radius 3 is 2.54 bits per heavy atom. The number of hydrogen-bond donors (Lipinski definition) is 1. The van der Waals surface area contributed by atoms with E-state index >= 15 is 0 Å². The lowest BCUT2D eigenvalue weighted by molar-refractivity contribution is -0.122. The molecule has 0 saturated heterocycles. The van der Waals surface area contributed by atoms with Crippen molar-refractivity contribution in [1.82, 2.24) is 9.62 Å². The van der Waals surface area contributed by atoms with E-state index in [-0.39, 0.29) is 37.7 Å². The first-order valence-corrected chi connectivity index (χ1v) is 9.54. The van der Waals surface area contributed by atoms with Crippen LogP contribution in [0.2, 0.25) is 0 Å². The van der Waals surface area contributed by atoms with Crippen LogP contribution in [0.15, 0.2) is 18.2 Å². The summed E-state index contributed by atoms with van der Waals surface area (Å²) in [5.41, 5.74) is 0.436. The zero-order valence-electron chi connectivity index (χ0n) is 14.5. The van der Waals surface area contributed by atoms with Crippen LogP contribution in [-0.2, 0) is 21.4 Å². The van der Waals surface area contributed by atoms with Gasteiger partial charge in [0.1, 0.15) is 0 Å². The molecular weight excluding hydrogens is 332 g/mol. The Labute approximate surface area is 143 Å². The van der Waals surface area contributed by atoms with Gasteiger partial charge >= 0.3 is 0 Å². The van der Waals surface area contributed by atoms with Crippen molar-refractivity contribution in [3.8, 4) is 11.5 Å². The molecule has 1 N–H and O–H groups in total. The van der Waals surface area contributed by atoms with Crippen LogP contribution < -0.4 is 14.8 Å². The van der Waals surface area contributed by atoms with E-state index in [1.807, 2.05) is 20.8 Å². The average Bonchev–Trinajstić information content (AvgIpc) is 2.87. The molecule has 0 atom stereocenters. The second kappa shape index (κ2) is 6.98. The van der Waals surface area contributed by atoms with E-state index in [4.69, 9.17) is 9.47 Å². The lowest BCUT2D eigenvalue weighted by atomic mass is 10.1. The van der Waals surface area contributed by atoms with Crippen molar-refractivity contribution in [2.75, 3.05) is 19.6 Å². The first kappa shape index (κ1) is 18.5. The van der Waals surface area contributed by atoms with Crippen LogP contribution in [0.25, 0.3) is 0 Å². The molecule has 0 saturated carbocycles. The second-order valence-corrected chi connectivity index (χ2v) is 8.81. The van der Waals surface area contributed by atoms with Crippen LogP contribution in [0.4, 0.5) is 0 Å². The predicted octanol–water partition coefficient (Wildman–Crippen LogP) is 1.48. The van der Waals surface area contributed by atoms with Crippen molar-refractivity contribution < 1.29 is 22.7 Å². The quantitative estimate of drug-likeness (QED) is 0.834. The van der Waals surface area contributed by atoms with Crippen LogP contribution in [0.5, 0.6) is 11.5 Å². The molecule has 8 heteroatoms. The Balaban J connectivity index is 2.03. The van der Waals surface area contributed by atoms with Gasteiger partial charge in [0, 0.05) is 25.0 Å². The molecule has 1 aromatic rings. The second-order valence-electron chi connectivity index (χ2n) is 6.83. The Morgan fingerprint density at radius 1 is 1.25 bits per heavy atom. The maximum absolute atomic E-state index is 12.0. The third kappa shape index (κ3) is 5.38. The lowest BCUT2D eigenvalue weighted by Crippen LogP contribution is -2.42. The molecule has 1 aromatic carbocycles. The third-order valence-corrected chi connectivity index (χ3v) is 4.62. The van der Waals surface area contributed by atoms with E-state index in [9.17, 15) is 13.2 Å². The minimum Gasteiger partial charge on any atom is -0.454 e. The fourth-order valence-corrected chi connectivity index (χ4v) is 3.12. The largest absolute Gasteiger partial charge is 0.454 e. The number of amides is 1. The zero-order valence-corrected chi connectivity index (χ0v) is 15.3. The van der Waals surface area contributed by atoms with Crippen molar-refractivity contribution in [3.05, 3.63) is 23.8 Å². The van der Waals surface area contributed by atoms with E-state index in [1.165, 1.54) is 4.31 Å². The van der Waals surface area contributed by atoms with Crippen molar-refractivity contribution in [1.29, 1.82) is 0 Å². The van der Waals surface area contributed by atoms with Crippen LogP contribution >= 0.6 is 0 Å². The average molecular weight is 356 g/mol. The van der Waals surface area contributed by atoms with Gasteiger partial charge in [-0.25, -0.2) is 8.42 Å². The van der Waals surface area contributed by atoms with Gasteiger partial charge in [0.25, 0.3) is 0 Å². The van der Waals surface area contributed by atoms with E-state index in [0.717, 1.165) is 11.8 Å². The number of benzene rings is 1. The van der Waals surface area contributed by atoms with Gasteiger partial charge in [-0.2, -0.15) is 4.31 Å². The van der Waals surface area contributed by atoms with Gasteiger partial charge < -0.3 is 14.8 Å². The minimum atomic E-state index is -3.44. The van der Waals surface area contributed by atoms with Crippen LogP contribution in [0.3, 0.4) is 0 Å². The highest BCUT2D eigenvalue weighted by Gasteiger charge is 2.21. The molecule has 1 heterocycles. The third-order valence-electron chi connectivity index (χ3n) is 3.37. The van der Waals surface area contributed by atoms with E-state index in [2.05, 4.69) is 5.32 Å². The van der Waals surface area contributed by atoms with Gasteiger partial charge in [-0.1, -0.05) is 6.07 Å². The number of carbonyl (C=O) groups excluding carboxylic acids is 1.